The lowest BCUT2D eigenvalue weighted by Crippen LogP contribution is -2.70. The van der Waals surface area contributed by atoms with E-state index in [1.165, 1.54) is 6.20 Å². The summed E-state index contributed by atoms with van der Waals surface area (Å²) in [6.45, 7) is 5.22. The zero-order valence-electron chi connectivity index (χ0n) is 8.32. The van der Waals surface area contributed by atoms with Crippen LogP contribution in [0.25, 0.3) is 0 Å². The maximum Gasteiger partial charge on any atom is 0.430 e. The van der Waals surface area contributed by atoms with Crippen molar-refractivity contribution < 1.29 is 9.31 Å². The molecule has 0 unspecified atom stereocenters. The molecule has 1 aromatic rings. The Balaban J connectivity index is 2.28. The Morgan fingerprint density at radius 1 is 1.71 bits per heavy atom. The third kappa shape index (κ3) is 1.66. The van der Waals surface area contributed by atoms with Crippen molar-refractivity contribution in [2.75, 3.05) is 23.1 Å². The molecule has 78 valence electrons. The van der Waals surface area contributed by atoms with Gasteiger partial charge < -0.3 is 0 Å². The van der Waals surface area contributed by atoms with Crippen LogP contribution in [0.4, 0.5) is 0 Å². The van der Waals surface area contributed by atoms with Gasteiger partial charge in [-0.1, -0.05) is 0 Å². The van der Waals surface area contributed by atoms with Gasteiger partial charge in [-0.2, -0.15) is 11.8 Å². The summed E-state index contributed by atoms with van der Waals surface area (Å²) in [6, 6.07) is 0. The zero-order valence-corrected chi connectivity index (χ0v) is 9.13. The highest BCUT2D eigenvalue weighted by Crippen LogP contribution is 2.21. The molecule has 1 fully saturated rings. The van der Waals surface area contributed by atoms with E-state index in [0.717, 1.165) is 18.1 Å². The quantitative estimate of drug-likeness (QED) is 0.656. The van der Waals surface area contributed by atoms with E-state index in [1.54, 1.807) is 4.79 Å². The van der Waals surface area contributed by atoms with Gasteiger partial charge in [0.25, 0.3) is 0 Å². The van der Waals surface area contributed by atoms with Gasteiger partial charge in [0.05, 0.1) is 6.54 Å². The predicted octanol–water partition coefficient (Wildman–Crippen LogP) is -0.281. The summed E-state index contributed by atoms with van der Waals surface area (Å²) in [5.41, 5.74) is -0.306. The Hall–Kier alpha value is -0.910. The van der Waals surface area contributed by atoms with Gasteiger partial charge in [-0.05, 0) is 13.8 Å². The van der Waals surface area contributed by atoms with Crippen molar-refractivity contribution in [3.63, 3.8) is 0 Å². The van der Waals surface area contributed by atoms with Crippen molar-refractivity contribution in [3.05, 3.63) is 16.6 Å². The molecule has 1 aliphatic rings. The molecule has 0 radical (unpaired) electrons. The van der Waals surface area contributed by atoms with Gasteiger partial charge >= 0.3 is 11.8 Å². The lowest BCUT2D eigenvalue weighted by molar-refractivity contribution is -0.765. The van der Waals surface area contributed by atoms with Gasteiger partial charge in [-0.25, -0.2) is 4.79 Å². The Morgan fingerprint density at radius 2 is 2.50 bits per heavy atom. The van der Waals surface area contributed by atoms with Crippen LogP contribution in [-0.2, 0) is 0 Å². The van der Waals surface area contributed by atoms with Crippen LogP contribution in [0.2, 0.25) is 0 Å². The van der Waals surface area contributed by atoms with Crippen LogP contribution in [-0.4, -0.2) is 28.9 Å². The number of nitrogens with zero attached hydrogens (tertiary/aromatic N) is 2. The van der Waals surface area contributed by atoms with E-state index in [1.807, 2.05) is 11.8 Å². The Labute approximate surface area is 86.0 Å². The first-order valence-electron chi connectivity index (χ1n) is 4.55. The highest BCUT2D eigenvalue weighted by molar-refractivity contribution is 7.99. The van der Waals surface area contributed by atoms with Gasteiger partial charge in [0.15, 0.2) is 0 Å². The Bertz CT molecular complexity index is 371. The molecule has 0 spiro atoms. The van der Waals surface area contributed by atoms with Crippen molar-refractivity contribution in [2.24, 2.45) is 0 Å². The van der Waals surface area contributed by atoms with E-state index >= 15 is 0 Å². The number of thioether (sulfide) groups is 1. The monoisotopic (exact) mass is 216 g/mol. The van der Waals surface area contributed by atoms with E-state index in [-0.39, 0.29) is 11.2 Å². The second kappa shape index (κ2) is 3.34. The van der Waals surface area contributed by atoms with Crippen molar-refractivity contribution in [1.29, 1.82) is 0 Å². The van der Waals surface area contributed by atoms with Crippen LogP contribution in [0.15, 0.2) is 15.5 Å². The molecule has 6 heteroatoms. The van der Waals surface area contributed by atoms with E-state index in [0.29, 0.717) is 0 Å². The summed E-state index contributed by atoms with van der Waals surface area (Å²) in [5, 5.41) is 4.68. The highest BCUT2D eigenvalue weighted by atomic mass is 32.2. The maximum atomic E-state index is 10.9. The van der Waals surface area contributed by atoms with Crippen LogP contribution in [0.1, 0.15) is 13.8 Å². The molecule has 2 heterocycles. The largest absolute Gasteiger partial charge is 0.430 e. The Kier molecular flexibility index (Phi) is 2.30. The fourth-order valence-electron chi connectivity index (χ4n) is 1.61. The molecule has 0 amide bonds. The van der Waals surface area contributed by atoms with Crippen LogP contribution >= 0.6 is 11.8 Å². The smallest absolute Gasteiger partial charge is 0.281 e. The summed E-state index contributed by atoms with van der Waals surface area (Å²) in [4.78, 5) is 12.5. The fraction of sp³-hybridized carbons (Fsp3) is 0.750. The molecule has 0 aromatic carbocycles. The standard InChI is InChI=1S/C8H13N3O2S/c1-8(2)6-14-4-3-10(8)11-5-7(12)13-9-11/h5H,3-4,6H2,1-2H3/p+1. The normalized spacial score (nSPS) is 21.1. The van der Waals surface area contributed by atoms with Gasteiger partial charge in [0.1, 0.15) is 5.54 Å². The van der Waals surface area contributed by atoms with E-state index in [9.17, 15) is 4.79 Å². The van der Waals surface area contributed by atoms with Crippen molar-refractivity contribution in [1.82, 2.24) is 5.27 Å². The molecule has 0 bridgehead atoms. The molecular formula is C8H14N3O2S+. The zero-order chi connectivity index (χ0) is 10.2. The van der Waals surface area contributed by atoms with Crippen molar-refractivity contribution in [3.8, 4) is 0 Å². The molecule has 1 aliphatic heterocycles. The molecule has 5 nitrogen and oxygen atoms in total. The third-order valence-electron chi connectivity index (χ3n) is 2.33. The number of hydrogen-bond donors (Lipinski definition) is 1. The minimum absolute atomic E-state index is 0.0421. The average Bonchev–Trinajstić information content (AvgIpc) is 2.51. The Morgan fingerprint density at radius 3 is 3.07 bits per heavy atom. The highest BCUT2D eigenvalue weighted by Gasteiger charge is 2.37. The van der Waals surface area contributed by atoms with Crippen LogP contribution < -0.4 is 15.4 Å². The minimum atomic E-state index is -0.348. The first-order chi connectivity index (χ1) is 6.59. The molecule has 1 saturated heterocycles. The molecule has 2 rings (SSSR count). The third-order valence-corrected chi connectivity index (χ3v) is 3.71. The van der Waals surface area contributed by atoms with Crippen LogP contribution in [0.5, 0.6) is 0 Å². The molecule has 14 heavy (non-hydrogen) atoms. The fourth-order valence-corrected chi connectivity index (χ4v) is 2.71. The van der Waals surface area contributed by atoms with Crippen molar-refractivity contribution >= 4 is 11.8 Å². The lowest BCUT2D eigenvalue weighted by Gasteiger charge is -2.35. The van der Waals surface area contributed by atoms with Crippen LogP contribution in [0, 0.1) is 0 Å². The first-order valence-corrected chi connectivity index (χ1v) is 5.71. The number of nitrogens with one attached hydrogen (secondary N) is 1. The number of aromatic nitrogens is 2. The summed E-state index contributed by atoms with van der Waals surface area (Å²) in [5.74, 6) is 2.12. The van der Waals surface area contributed by atoms with E-state index in [4.69, 9.17) is 0 Å². The second-order valence-corrected chi connectivity index (χ2v) is 5.08. The SMILES string of the molecule is CC1(C)CSCCN1[n+]1cc(=O)o[nH]1. The minimum Gasteiger partial charge on any atom is -0.281 e. The average molecular weight is 216 g/mol. The molecular weight excluding hydrogens is 202 g/mol. The molecule has 1 aromatic heterocycles. The van der Waals surface area contributed by atoms with Crippen molar-refractivity contribution in [2.45, 2.75) is 19.4 Å². The number of hydrogen-bond acceptors (Lipinski definition) is 4. The van der Waals surface area contributed by atoms with E-state index in [2.05, 4.69) is 28.7 Å². The summed E-state index contributed by atoms with van der Waals surface area (Å²) >= 11 is 1.93. The number of aromatic amines is 1. The molecule has 0 saturated carbocycles. The summed E-state index contributed by atoms with van der Waals surface area (Å²) in [7, 11) is 0. The van der Waals surface area contributed by atoms with Gasteiger partial charge in [-0.3, -0.25) is 4.52 Å². The molecule has 0 atom stereocenters. The summed E-state index contributed by atoms with van der Waals surface area (Å²) in [6.07, 6.45) is 1.43. The van der Waals surface area contributed by atoms with Gasteiger partial charge in [-0.15, -0.1) is 5.01 Å². The van der Waals surface area contributed by atoms with Crippen LogP contribution in [0.3, 0.4) is 0 Å². The topological polar surface area (TPSA) is 53.1 Å². The number of rotatable bonds is 1. The summed E-state index contributed by atoms with van der Waals surface area (Å²) < 4.78 is 4.64. The van der Waals surface area contributed by atoms with Gasteiger partial charge in [0.2, 0.25) is 0 Å². The van der Waals surface area contributed by atoms with E-state index < -0.39 is 0 Å². The van der Waals surface area contributed by atoms with Gasteiger partial charge in [0, 0.05) is 21.6 Å². The predicted molar refractivity (Wildman–Crippen MR) is 54.0 cm³/mol. The second-order valence-electron chi connectivity index (χ2n) is 3.97. The number of H-pyrrole nitrogens is 1. The molecule has 1 N–H and O–H groups in total. The first kappa shape index (κ1) is 9.64. The maximum absolute atomic E-state index is 10.9. The molecule has 0 aliphatic carbocycles. The lowest BCUT2D eigenvalue weighted by atomic mass is 10.1.